The second kappa shape index (κ2) is 5.04. The van der Waals surface area contributed by atoms with Gasteiger partial charge in [-0.25, -0.2) is 0 Å². The number of aliphatic hydroxyl groups is 1. The van der Waals surface area contributed by atoms with Crippen molar-refractivity contribution in [1.82, 2.24) is 5.32 Å². The average Bonchev–Trinajstić information content (AvgIpc) is 2.52. The molecule has 0 saturated heterocycles. The van der Waals surface area contributed by atoms with Gasteiger partial charge in [-0.05, 0) is 24.5 Å². The zero-order chi connectivity index (χ0) is 9.68. The molecule has 1 aromatic rings. The monoisotopic (exact) mass is 183 g/mol. The molecule has 0 saturated carbocycles. The molecule has 0 bridgehead atoms. The number of aliphatic hydroxyl groups excluding tert-OH is 1. The lowest BCUT2D eigenvalue weighted by molar-refractivity contribution is 0.232. The minimum Gasteiger partial charge on any atom is -0.468 e. The highest BCUT2D eigenvalue weighted by atomic mass is 16.3. The summed E-state index contributed by atoms with van der Waals surface area (Å²) in [6.07, 6.45) is 1.70. The number of furan rings is 1. The number of hydrogen-bond acceptors (Lipinski definition) is 3. The summed E-state index contributed by atoms with van der Waals surface area (Å²) in [5, 5.41) is 12.0. The Bertz CT molecular complexity index is 245. The summed E-state index contributed by atoms with van der Waals surface area (Å²) >= 11 is 0. The van der Waals surface area contributed by atoms with Crippen LogP contribution in [0.2, 0.25) is 0 Å². The number of rotatable bonds is 5. The molecular formula is C10H17NO2. The first-order chi connectivity index (χ1) is 6.24. The van der Waals surface area contributed by atoms with Crippen molar-refractivity contribution in [2.45, 2.75) is 20.4 Å². The first kappa shape index (κ1) is 10.3. The van der Waals surface area contributed by atoms with Gasteiger partial charge in [-0.15, -0.1) is 0 Å². The lowest BCUT2D eigenvalue weighted by Crippen LogP contribution is -2.22. The molecule has 1 atom stereocenters. The molecule has 3 heteroatoms. The fourth-order valence-electron chi connectivity index (χ4n) is 1.08. The molecule has 0 radical (unpaired) electrons. The Hall–Kier alpha value is -0.800. The van der Waals surface area contributed by atoms with Gasteiger partial charge < -0.3 is 14.8 Å². The predicted molar refractivity (Wildman–Crippen MR) is 51.4 cm³/mol. The molecule has 0 aromatic carbocycles. The van der Waals surface area contributed by atoms with Crippen molar-refractivity contribution in [3.63, 3.8) is 0 Å². The molecule has 1 heterocycles. The molecule has 3 nitrogen and oxygen atoms in total. The topological polar surface area (TPSA) is 45.4 Å². The SMILES string of the molecule is Cc1ccoc1CNCC(C)CO. The summed E-state index contributed by atoms with van der Waals surface area (Å²) in [4.78, 5) is 0. The van der Waals surface area contributed by atoms with Gasteiger partial charge >= 0.3 is 0 Å². The summed E-state index contributed by atoms with van der Waals surface area (Å²) in [6.45, 7) is 5.81. The highest BCUT2D eigenvalue weighted by molar-refractivity contribution is 5.13. The van der Waals surface area contributed by atoms with Crippen LogP contribution in [0.1, 0.15) is 18.2 Å². The van der Waals surface area contributed by atoms with E-state index in [0.717, 1.165) is 18.8 Å². The summed E-state index contributed by atoms with van der Waals surface area (Å²) in [5.74, 6) is 1.28. The van der Waals surface area contributed by atoms with E-state index in [4.69, 9.17) is 9.52 Å². The number of nitrogens with one attached hydrogen (secondary N) is 1. The third-order valence-corrected chi connectivity index (χ3v) is 2.06. The van der Waals surface area contributed by atoms with Crippen molar-refractivity contribution in [3.8, 4) is 0 Å². The molecule has 0 spiro atoms. The Labute approximate surface area is 78.8 Å². The Kier molecular flexibility index (Phi) is 3.99. The van der Waals surface area contributed by atoms with Crippen molar-refractivity contribution < 1.29 is 9.52 Å². The third kappa shape index (κ3) is 3.20. The first-order valence-corrected chi connectivity index (χ1v) is 4.58. The Morgan fingerprint density at radius 2 is 2.38 bits per heavy atom. The quantitative estimate of drug-likeness (QED) is 0.723. The Morgan fingerprint density at radius 1 is 1.62 bits per heavy atom. The highest BCUT2D eigenvalue weighted by Gasteiger charge is 2.02. The smallest absolute Gasteiger partial charge is 0.120 e. The molecule has 74 valence electrons. The average molecular weight is 183 g/mol. The molecule has 0 aliphatic heterocycles. The van der Waals surface area contributed by atoms with Gasteiger partial charge in [0.1, 0.15) is 5.76 Å². The minimum absolute atomic E-state index is 0.226. The second-order valence-corrected chi connectivity index (χ2v) is 3.45. The van der Waals surface area contributed by atoms with Crippen molar-refractivity contribution in [2.24, 2.45) is 5.92 Å². The molecule has 2 N–H and O–H groups in total. The fraction of sp³-hybridized carbons (Fsp3) is 0.600. The Balaban J connectivity index is 2.24. The van der Waals surface area contributed by atoms with Gasteiger partial charge in [0.05, 0.1) is 12.8 Å². The van der Waals surface area contributed by atoms with Crippen LogP contribution in [-0.2, 0) is 6.54 Å². The van der Waals surface area contributed by atoms with E-state index in [1.165, 1.54) is 5.56 Å². The standard InChI is InChI=1S/C10H17NO2/c1-8(7-12)5-11-6-10-9(2)3-4-13-10/h3-4,8,11-12H,5-7H2,1-2H3. The molecule has 0 fully saturated rings. The van der Waals surface area contributed by atoms with Crippen LogP contribution < -0.4 is 5.32 Å². The van der Waals surface area contributed by atoms with Gasteiger partial charge in [0, 0.05) is 13.2 Å². The lowest BCUT2D eigenvalue weighted by Gasteiger charge is -2.08. The van der Waals surface area contributed by atoms with E-state index in [9.17, 15) is 0 Å². The van der Waals surface area contributed by atoms with E-state index < -0.39 is 0 Å². The van der Waals surface area contributed by atoms with Crippen LogP contribution in [-0.4, -0.2) is 18.3 Å². The van der Waals surface area contributed by atoms with Crippen molar-refractivity contribution in [3.05, 3.63) is 23.7 Å². The maximum absolute atomic E-state index is 8.78. The molecule has 1 rings (SSSR count). The fourth-order valence-corrected chi connectivity index (χ4v) is 1.08. The van der Waals surface area contributed by atoms with E-state index in [-0.39, 0.29) is 6.61 Å². The molecule has 1 unspecified atom stereocenters. The van der Waals surface area contributed by atoms with Crippen LogP contribution in [0.4, 0.5) is 0 Å². The summed E-state index contributed by atoms with van der Waals surface area (Å²) in [5.41, 5.74) is 1.17. The van der Waals surface area contributed by atoms with Crippen LogP contribution in [0.15, 0.2) is 16.7 Å². The molecule has 0 aliphatic rings. The Morgan fingerprint density at radius 3 is 2.92 bits per heavy atom. The van der Waals surface area contributed by atoms with E-state index in [1.54, 1.807) is 6.26 Å². The van der Waals surface area contributed by atoms with Gasteiger partial charge in [-0.2, -0.15) is 0 Å². The maximum atomic E-state index is 8.78. The van der Waals surface area contributed by atoms with Crippen molar-refractivity contribution >= 4 is 0 Å². The first-order valence-electron chi connectivity index (χ1n) is 4.58. The van der Waals surface area contributed by atoms with Crippen LogP contribution in [0.5, 0.6) is 0 Å². The van der Waals surface area contributed by atoms with Gasteiger partial charge in [0.2, 0.25) is 0 Å². The van der Waals surface area contributed by atoms with Gasteiger partial charge in [0.25, 0.3) is 0 Å². The maximum Gasteiger partial charge on any atom is 0.120 e. The van der Waals surface area contributed by atoms with Crippen LogP contribution >= 0.6 is 0 Å². The molecule has 0 aliphatic carbocycles. The van der Waals surface area contributed by atoms with Gasteiger partial charge in [-0.1, -0.05) is 6.92 Å². The molecule has 1 aromatic heterocycles. The highest BCUT2D eigenvalue weighted by Crippen LogP contribution is 2.07. The van der Waals surface area contributed by atoms with Crippen LogP contribution in [0.3, 0.4) is 0 Å². The zero-order valence-electron chi connectivity index (χ0n) is 8.21. The number of hydrogen-bond donors (Lipinski definition) is 2. The summed E-state index contributed by atoms with van der Waals surface area (Å²) in [6, 6.07) is 1.95. The van der Waals surface area contributed by atoms with Crippen LogP contribution in [0.25, 0.3) is 0 Å². The normalized spacial score (nSPS) is 13.2. The van der Waals surface area contributed by atoms with Gasteiger partial charge in [-0.3, -0.25) is 0 Å². The van der Waals surface area contributed by atoms with E-state index in [0.29, 0.717) is 5.92 Å². The lowest BCUT2D eigenvalue weighted by atomic mass is 10.2. The van der Waals surface area contributed by atoms with Crippen molar-refractivity contribution in [2.75, 3.05) is 13.2 Å². The largest absolute Gasteiger partial charge is 0.468 e. The van der Waals surface area contributed by atoms with E-state index in [1.807, 2.05) is 19.9 Å². The second-order valence-electron chi connectivity index (χ2n) is 3.45. The van der Waals surface area contributed by atoms with Crippen LogP contribution in [0, 0.1) is 12.8 Å². The van der Waals surface area contributed by atoms with Gasteiger partial charge in [0.15, 0.2) is 0 Å². The summed E-state index contributed by atoms with van der Waals surface area (Å²) in [7, 11) is 0. The summed E-state index contributed by atoms with van der Waals surface area (Å²) < 4.78 is 5.25. The zero-order valence-corrected chi connectivity index (χ0v) is 8.21. The molecule has 13 heavy (non-hydrogen) atoms. The van der Waals surface area contributed by atoms with E-state index >= 15 is 0 Å². The number of aryl methyl sites for hydroxylation is 1. The minimum atomic E-state index is 0.226. The predicted octanol–water partition coefficient (Wildman–Crippen LogP) is 1.31. The van der Waals surface area contributed by atoms with E-state index in [2.05, 4.69) is 5.32 Å². The third-order valence-electron chi connectivity index (χ3n) is 2.06. The molecule has 0 amide bonds. The van der Waals surface area contributed by atoms with Crippen molar-refractivity contribution in [1.29, 1.82) is 0 Å². The molecular weight excluding hydrogens is 166 g/mol.